The van der Waals surface area contributed by atoms with Crippen molar-refractivity contribution in [2.45, 2.75) is 51.5 Å². The van der Waals surface area contributed by atoms with Crippen molar-refractivity contribution in [1.29, 1.82) is 0 Å². The van der Waals surface area contributed by atoms with Crippen molar-refractivity contribution in [2.75, 3.05) is 6.54 Å². The molecule has 1 fully saturated rings. The van der Waals surface area contributed by atoms with Crippen LogP contribution in [0.4, 0.5) is 0 Å². The highest BCUT2D eigenvalue weighted by atomic mass is 16.2. The first-order valence-corrected chi connectivity index (χ1v) is 10.6. The number of benzene rings is 1. The summed E-state index contributed by atoms with van der Waals surface area (Å²) >= 11 is 0. The predicted molar refractivity (Wildman–Crippen MR) is 113 cm³/mol. The second-order valence-corrected chi connectivity index (χ2v) is 7.77. The molecule has 0 saturated heterocycles. The van der Waals surface area contributed by atoms with Gasteiger partial charge in [0.25, 0.3) is 5.91 Å². The number of carbonyl (C=O) groups is 2. The van der Waals surface area contributed by atoms with Crippen LogP contribution in [0.2, 0.25) is 0 Å². The summed E-state index contributed by atoms with van der Waals surface area (Å²) in [6, 6.07) is 13.1. The minimum Gasteiger partial charge on any atom is -0.336 e. The molecular weight excluding hydrogens is 362 g/mol. The van der Waals surface area contributed by atoms with E-state index in [9.17, 15) is 9.59 Å². The fourth-order valence-corrected chi connectivity index (χ4v) is 4.26. The standard InChI is InChI=1S/C24H27N3O2/c1-2-15-26(20-8-4-3-5-9-20)24(29)19-13-11-18(12-14-19)23(28)21-17-25-22-10-6-7-16-27(21)22/h6-7,10-14,16-17,20H,2-5,8-9,15H2,1H3. The van der Waals surface area contributed by atoms with Gasteiger partial charge in [-0.05, 0) is 43.5 Å². The van der Waals surface area contributed by atoms with Gasteiger partial charge in [0.15, 0.2) is 0 Å². The van der Waals surface area contributed by atoms with Gasteiger partial charge >= 0.3 is 0 Å². The van der Waals surface area contributed by atoms with E-state index in [-0.39, 0.29) is 11.7 Å². The van der Waals surface area contributed by atoms with Gasteiger partial charge in [-0.2, -0.15) is 0 Å². The molecule has 5 nitrogen and oxygen atoms in total. The number of aromatic nitrogens is 2. The summed E-state index contributed by atoms with van der Waals surface area (Å²) in [6.45, 7) is 2.90. The Hall–Kier alpha value is -2.95. The Kier molecular flexibility index (Phi) is 5.74. The van der Waals surface area contributed by atoms with Crippen LogP contribution in [0.3, 0.4) is 0 Å². The fourth-order valence-electron chi connectivity index (χ4n) is 4.26. The Morgan fingerprint density at radius 2 is 1.76 bits per heavy atom. The summed E-state index contributed by atoms with van der Waals surface area (Å²) in [4.78, 5) is 32.4. The first-order valence-electron chi connectivity index (χ1n) is 10.6. The highest BCUT2D eigenvalue weighted by molar-refractivity contribution is 6.08. The third kappa shape index (κ3) is 3.95. The second kappa shape index (κ2) is 8.60. The molecule has 1 saturated carbocycles. The zero-order chi connectivity index (χ0) is 20.2. The molecule has 29 heavy (non-hydrogen) atoms. The topological polar surface area (TPSA) is 54.7 Å². The third-order valence-corrected chi connectivity index (χ3v) is 5.78. The number of imidazole rings is 1. The van der Waals surface area contributed by atoms with E-state index in [2.05, 4.69) is 11.9 Å². The summed E-state index contributed by atoms with van der Waals surface area (Å²) < 4.78 is 1.79. The van der Waals surface area contributed by atoms with Gasteiger partial charge in [0.05, 0.1) is 6.20 Å². The lowest BCUT2D eigenvalue weighted by molar-refractivity contribution is 0.0634. The lowest BCUT2D eigenvalue weighted by Gasteiger charge is -2.34. The molecule has 1 aromatic carbocycles. The second-order valence-electron chi connectivity index (χ2n) is 7.77. The lowest BCUT2D eigenvalue weighted by Crippen LogP contribution is -2.41. The van der Waals surface area contributed by atoms with E-state index in [1.807, 2.05) is 29.3 Å². The van der Waals surface area contributed by atoms with Gasteiger partial charge in [-0.25, -0.2) is 4.98 Å². The van der Waals surface area contributed by atoms with E-state index in [1.165, 1.54) is 19.3 Å². The molecular formula is C24H27N3O2. The van der Waals surface area contributed by atoms with E-state index < -0.39 is 0 Å². The molecule has 0 N–H and O–H groups in total. The molecule has 2 heterocycles. The van der Waals surface area contributed by atoms with Gasteiger partial charge in [0.2, 0.25) is 5.78 Å². The van der Waals surface area contributed by atoms with Gasteiger partial charge in [-0.15, -0.1) is 0 Å². The first-order chi connectivity index (χ1) is 14.2. The summed E-state index contributed by atoms with van der Waals surface area (Å²) in [5, 5.41) is 0. The van der Waals surface area contributed by atoms with E-state index in [4.69, 9.17) is 0 Å². The number of hydrogen-bond donors (Lipinski definition) is 0. The van der Waals surface area contributed by atoms with Crippen molar-refractivity contribution in [3.05, 3.63) is 71.7 Å². The van der Waals surface area contributed by atoms with E-state index in [1.54, 1.807) is 34.9 Å². The molecule has 0 bridgehead atoms. The molecule has 2 aromatic heterocycles. The molecule has 1 aliphatic carbocycles. The predicted octanol–water partition coefficient (Wildman–Crippen LogP) is 4.75. The molecule has 0 radical (unpaired) electrons. The zero-order valence-electron chi connectivity index (χ0n) is 16.9. The van der Waals surface area contributed by atoms with Crippen LogP contribution >= 0.6 is 0 Å². The molecule has 3 aromatic rings. The van der Waals surface area contributed by atoms with Crippen LogP contribution in [0.15, 0.2) is 54.9 Å². The number of rotatable bonds is 6. The van der Waals surface area contributed by atoms with Crippen LogP contribution in [-0.2, 0) is 0 Å². The summed E-state index contributed by atoms with van der Waals surface area (Å²) in [6.07, 6.45) is 10.2. The lowest BCUT2D eigenvalue weighted by atomic mass is 9.93. The number of amides is 1. The summed E-state index contributed by atoms with van der Waals surface area (Å²) in [5.74, 6) is -0.0204. The number of pyridine rings is 1. The molecule has 1 amide bonds. The maximum atomic E-state index is 13.1. The van der Waals surface area contributed by atoms with Crippen LogP contribution in [0, 0.1) is 0 Å². The van der Waals surface area contributed by atoms with Gasteiger partial charge in [-0.1, -0.05) is 44.4 Å². The van der Waals surface area contributed by atoms with Crippen molar-refractivity contribution in [2.24, 2.45) is 0 Å². The highest BCUT2D eigenvalue weighted by Gasteiger charge is 2.26. The number of carbonyl (C=O) groups excluding carboxylic acids is 2. The van der Waals surface area contributed by atoms with E-state index >= 15 is 0 Å². The monoisotopic (exact) mass is 389 g/mol. The molecule has 0 aliphatic heterocycles. The van der Waals surface area contributed by atoms with Crippen LogP contribution in [-0.4, -0.2) is 38.6 Å². The van der Waals surface area contributed by atoms with Crippen molar-refractivity contribution in [3.8, 4) is 0 Å². The minimum atomic E-state index is -0.0969. The average Bonchev–Trinajstić information content (AvgIpc) is 3.21. The molecule has 150 valence electrons. The number of fused-ring (bicyclic) bond motifs is 1. The zero-order valence-corrected chi connectivity index (χ0v) is 16.9. The van der Waals surface area contributed by atoms with E-state index in [0.717, 1.165) is 31.5 Å². The van der Waals surface area contributed by atoms with Crippen LogP contribution < -0.4 is 0 Å². The van der Waals surface area contributed by atoms with Gasteiger partial charge in [0, 0.05) is 29.9 Å². The average molecular weight is 389 g/mol. The van der Waals surface area contributed by atoms with Crippen molar-refractivity contribution < 1.29 is 9.59 Å². The van der Waals surface area contributed by atoms with Crippen LogP contribution in [0.1, 0.15) is 71.9 Å². The maximum Gasteiger partial charge on any atom is 0.254 e. The van der Waals surface area contributed by atoms with Crippen molar-refractivity contribution in [3.63, 3.8) is 0 Å². The van der Waals surface area contributed by atoms with Gasteiger partial charge in [0.1, 0.15) is 11.3 Å². The maximum absolute atomic E-state index is 13.1. The van der Waals surface area contributed by atoms with Crippen LogP contribution in [0.5, 0.6) is 0 Å². The van der Waals surface area contributed by atoms with E-state index in [0.29, 0.717) is 22.9 Å². The smallest absolute Gasteiger partial charge is 0.254 e. The summed E-state index contributed by atoms with van der Waals surface area (Å²) in [7, 11) is 0. The molecule has 0 unspecified atom stereocenters. The van der Waals surface area contributed by atoms with Gasteiger partial charge in [-0.3, -0.25) is 14.0 Å². The number of ketones is 1. The molecule has 0 spiro atoms. The summed E-state index contributed by atoms with van der Waals surface area (Å²) in [5.41, 5.74) is 2.48. The Morgan fingerprint density at radius 3 is 2.48 bits per heavy atom. The molecule has 0 atom stereocenters. The number of hydrogen-bond acceptors (Lipinski definition) is 3. The first kappa shape index (κ1) is 19.4. The quantitative estimate of drug-likeness (QED) is 0.572. The third-order valence-electron chi connectivity index (χ3n) is 5.78. The van der Waals surface area contributed by atoms with Crippen LogP contribution in [0.25, 0.3) is 5.65 Å². The number of nitrogens with zero attached hydrogens (tertiary/aromatic N) is 3. The fraction of sp³-hybridized carbons (Fsp3) is 0.375. The Morgan fingerprint density at radius 1 is 1.03 bits per heavy atom. The molecule has 5 heteroatoms. The van der Waals surface area contributed by atoms with Crippen molar-refractivity contribution >= 4 is 17.3 Å². The Balaban J connectivity index is 1.54. The SMILES string of the molecule is CCCN(C(=O)c1ccc(C(=O)c2cnc3ccccn23)cc1)C1CCCCC1. The Bertz CT molecular complexity index is 1000. The molecule has 1 aliphatic rings. The minimum absolute atomic E-state index is 0.0764. The largest absolute Gasteiger partial charge is 0.336 e. The Labute approximate surface area is 171 Å². The highest BCUT2D eigenvalue weighted by Crippen LogP contribution is 2.24. The van der Waals surface area contributed by atoms with Crippen molar-refractivity contribution in [1.82, 2.24) is 14.3 Å². The normalized spacial score (nSPS) is 14.8. The van der Waals surface area contributed by atoms with Gasteiger partial charge < -0.3 is 4.90 Å². The molecule has 4 rings (SSSR count).